The lowest BCUT2D eigenvalue weighted by atomic mass is 9.64. The lowest BCUT2D eigenvalue weighted by Gasteiger charge is -2.41. The largest absolute Gasteiger partial charge is 0.310 e. The van der Waals surface area contributed by atoms with Crippen LogP contribution in [0, 0.1) is 0 Å². The molecule has 2 nitrogen and oxygen atoms in total. The number of hydrogen-bond donors (Lipinski definition) is 0. The third kappa shape index (κ3) is 4.71. The zero-order valence-corrected chi connectivity index (χ0v) is 27.1. The van der Waals surface area contributed by atoms with Crippen LogP contribution in [0.5, 0.6) is 0 Å². The van der Waals surface area contributed by atoms with Crippen LogP contribution in [-0.2, 0) is 5.41 Å². The van der Waals surface area contributed by atoms with Crippen LogP contribution >= 0.6 is 0 Å². The van der Waals surface area contributed by atoms with Gasteiger partial charge in [0.1, 0.15) is 0 Å². The molecule has 2 heteroatoms. The Hall–Kier alpha value is -5.60. The van der Waals surface area contributed by atoms with E-state index in [4.69, 9.17) is 0 Å². The monoisotopic (exact) mass is 618 g/mol. The summed E-state index contributed by atoms with van der Waals surface area (Å²) < 4.78 is 2.42. The summed E-state index contributed by atoms with van der Waals surface area (Å²) in [6.45, 7) is 0. The summed E-state index contributed by atoms with van der Waals surface area (Å²) in [5, 5.41) is 5.02. The highest BCUT2D eigenvalue weighted by Gasteiger charge is 2.38. The topological polar surface area (TPSA) is 8.17 Å². The Labute approximate surface area is 282 Å². The summed E-state index contributed by atoms with van der Waals surface area (Å²) in [6, 6.07) is 62.7. The van der Waals surface area contributed by atoms with E-state index in [2.05, 4.69) is 179 Å². The molecule has 0 amide bonds. The summed E-state index contributed by atoms with van der Waals surface area (Å²) in [6.07, 6.45) is 6.12. The van der Waals surface area contributed by atoms with Gasteiger partial charge < -0.3 is 9.47 Å². The molecule has 1 fully saturated rings. The fourth-order valence-electron chi connectivity index (χ4n) is 8.40. The van der Waals surface area contributed by atoms with Crippen LogP contribution in [0.15, 0.2) is 170 Å². The Bertz CT molecular complexity index is 2380. The molecule has 1 aliphatic carbocycles. The van der Waals surface area contributed by atoms with E-state index < -0.39 is 0 Å². The van der Waals surface area contributed by atoms with Gasteiger partial charge in [-0.15, -0.1) is 0 Å². The second kappa shape index (κ2) is 11.9. The van der Waals surface area contributed by atoms with Gasteiger partial charge in [-0.2, -0.15) is 0 Å². The maximum Gasteiger partial charge on any atom is 0.0542 e. The van der Waals surface area contributed by atoms with Gasteiger partial charge in [0.25, 0.3) is 0 Å². The highest BCUT2D eigenvalue weighted by molar-refractivity contribution is 6.11. The minimum Gasteiger partial charge on any atom is -0.310 e. The molecule has 0 atom stereocenters. The molecular weight excluding hydrogens is 581 g/mol. The van der Waals surface area contributed by atoms with Crippen molar-refractivity contribution in [1.82, 2.24) is 4.57 Å². The van der Waals surface area contributed by atoms with E-state index in [1.165, 1.54) is 85.7 Å². The first-order chi connectivity index (χ1) is 23.8. The molecule has 1 aliphatic rings. The minimum absolute atomic E-state index is 0.0284. The van der Waals surface area contributed by atoms with Crippen molar-refractivity contribution in [3.8, 4) is 5.69 Å². The van der Waals surface area contributed by atoms with Crippen LogP contribution in [-0.4, -0.2) is 4.57 Å². The smallest absolute Gasteiger partial charge is 0.0542 e. The van der Waals surface area contributed by atoms with Gasteiger partial charge in [-0.25, -0.2) is 0 Å². The van der Waals surface area contributed by atoms with E-state index in [1.54, 1.807) is 0 Å². The number of hydrogen-bond acceptors (Lipinski definition) is 1. The van der Waals surface area contributed by atoms with Crippen molar-refractivity contribution in [1.29, 1.82) is 0 Å². The van der Waals surface area contributed by atoms with Gasteiger partial charge in [-0.1, -0.05) is 135 Å². The summed E-state index contributed by atoms with van der Waals surface area (Å²) in [5.74, 6) is 0. The van der Waals surface area contributed by atoms with Crippen LogP contribution in [0.3, 0.4) is 0 Å². The van der Waals surface area contributed by atoms with Crippen LogP contribution in [0.4, 0.5) is 17.1 Å². The number of nitrogens with zero attached hydrogens (tertiary/aromatic N) is 2. The van der Waals surface area contributed by atoms with Crippen molar-refractivity contribution in [3.05, 3.63) is 181 Å². The molecule has 0 unspecified atom stereocenters. The summed E-state index contributed by atoms with van der Waals surface area (Å²) >= 11 is 0. The average molecular weight is 619 g/mol. The second-order valence-electron chi connectivity index (χ2n) is 13.3. The van der Waals surface area contributed by atoms with Crippen LogP contribution < -0.4 is 4.90 Å². The Morgan fingerprint density at radius 1 is 0.458 bits per heavy atom. The number of fused-ring (bicyclic) bond motifs is 4. The van der Waals surface area contributed by atoms with Gasteiger partial charge in [0.15, 0.2) is 0 Å². The molecule has 0 saturated heterocycles. The van der Waals surface area contributed by atoms with Gasteiger partial charge in [-0.05, 0) is 89.3 Å². The van der Waals surface area contributed by atoms with E-state index in [0.717, 1.165) is 12.8 Å². The Morgan fingerprint density at radius 3 is 1.96 bits per heavy atom. The molecule has 7 aromatic carbocycles. The van der Waals surface area contributed by atoms with Crippen LogP contribution in [0.25, 0.3) is 38.3 Å². The molecule has 0 aliphatic heterocycles. The maximum atomic E-state index is 2.50. The number of anilines is 3. The van der Waals surface area contributed by atoms with Crippen molar-refractivity contribution in [2.45, 2.75) is 37.5 Å². The SMILES string of the molecule is c1ccc(N(c2ccc3c(c2)c2ccccc2n3-c2ccc3ccccc3c2)c2ccccc2C2(c3ccccc3)CCCCC2)cc1. The van der Waals surface area contributed by atoms with E-state index >= 15 is 0 Å². The molecule has 0 radical (unpaired) electrons. The lowest BCUT2D eigenvalue weighted by molar-refractivity contribution is 0.346. The standard InChI is InChI=1S/C46H38N2/c1-4-18-36(19-5-1)46(30-14-3-15-31-46)42-23-11-13-25-45(42)47(37-20-6-2-7-21-37)39-28-29-44-41(33-39)40-22-10-12-24-43(40)48(44)38-27-26-34-16-8-9-17-35(34)32-38/h1-2,4-13,16-29,32-33H,3,14-15,30-31H2. The Balaban J connectivity index is 1.27. The molecule has 0 bridgehead atoms. The van der Waals surface area contributed by atoms with Gasteiger partial charge >= 0.3 is 0 Å². The Morgan fingerprint density at radius 2 is 1.12 bits per heavy atom. The first kappa shape index (κ1) is 28.6. The molecule has 8 aromatic rings. The third-order valence-corrected chi connectivity index (χ3v) is 10.6. The summed E-state index contributed by atoms with van der Waals surface area (Å²) in [4.78, 5) is 2.50. The van der Waals surface area contributed by atoms with Crippen molar-refractivity contribution in [2.75, 3.05) is 4.90 Å². The molecule has 48 heavy (non-hydrogen) atoms. The third-order valence-electron chi connectivity index (χ3n) is 10.6. The van der Waals surface area contributed by atoms with E-state index in [0.29, 0.717) is 0 Å². The highest BCUT2D eigenvalue weighted by Crippen LogP contribution is 2.50. The number of benzene rings is 7. The number of aromatic nitrogens is 1. The quantitative estimate of drug-likeness (QED) is 0.180. The van der Waals surface area contributed by atoms with E-state index in [1.807, 2.05) is 0 Å². The Kier molecular flexibility index (Phi) is 7.08. The summed E-state index contributed by atoms with van der Waals surface area (Å²) in [7, 11) is 0. The fraction of sp³-hybridized carbons (Fsp3) is 0.130. The molecular formula is C46H38N2. The van der Waals surface area contributed by atoms with Crippen molar-refractivity contribution < 1.29 is 0 Å². The maximum absolute atomic E-state index is 2.50. The predicted octanol–water partition coefficient (Wildman–Crippen LogP) is 12.7. The number of rotatable bonds is 6. The van der Waals surface area contributed by atoms with E-state index in [-0.39, 0.29) is 5.41 Å². The van der Waals surface area contributed by atoms with Crippen molar-refractivity contribution in [2.24, 2.45) is 0 Å². The molecule has 1 heterocycles. The van der Waals surface area contributed by atoms with Crippen molar-refractivity contribution in [3.63, 3.8) is 0 Å². The second-order valence-corrected chi connectivity index (χ2v) is 13.3. The van der Waals surface area contributed by atoms with E-state index in [9.17, 15) is 0 Å². The van der Waals surface area contributed by atoms with Crippen molar-refractivity contribution >= 4 is 49.6 Å². The zero-order chi connectivity index (χ0) is 31.9. The normalized spacial score (nSPS) is 14.4. The number of para-hydroxylation sites is 3. The van der Waals surface area contributed by atoms with Gasteiger partial charge in [0.05, 0.1) is 16.7 Å². The molecule has 232 valence electrons. The first-order valence-electron chi connectivity index (χ1n) is 17.3. The van der Waals surface area contributed by atoms with Crippen LogP contribution in [0.1, 0.15) is 43.2 Å². The summed E-state index contributed by atoms with van der Waals surface area (Å²) in [5.41, 5.74) is 10.0. The molecule has 9 rings (SSSR count). The lowest BCUT2D eigenvalue weighted by Crippen LogP contribution is -2.32. The molecule has 1 aromatic heterocycles. The zero-order valence-electron chi connectivity index (χ0n) is 27.1. The van der Waals surface area contributed by atoms with Gasteiger partial charge in [-0.3, -0.25) is 0 Å². The highest BCUT2D eigenvalue weighted by atomic mass is 15.1. The first-order valence-corrected chi connectivity index (χ1v) is 17.3. The van der Waals surface area contributed by atoms with Gasteiger partial charge in [0.2, 0.25) is 0 Å². The van der Waals surface area contributed by atoms with Gasteiger partial charge in [0, 0.05) is 33.2 Å². The molecule has 0 N–H and O–H groups in total. The molecule has 0 spiro atoms. The fourth-order valence-corrected chi connectivity index (χ4v) is 8.40. The average Bonchev–Trinajstić information content (AvgIpc) is 3.50. The minimum atomic E-state index is -0.0284. The van der Waals surface area contributed by atoms with Crippen LogP contribution in [0.2, 0.25) is 0 Å². The molecule has 1 saturated carbocycles. The predicted molar refractivity (Wildman–Crippen MR) is 203 cm³/mol.